The number of rotatable bonds is 6. The number of amides is 1. The molecule has 0 radical (unpaired) electrons. The molecule has 2 aliphatic rings. The van der Waals surface area contributed by atoms with Crippen LogP contribution < -0.4 is 5.56 Å². The quantitative estimate of drug-likeness (QED) is 0.522. The molecule has 2 heterocycles. The van der Waals surface area contributed by atoms with Crippen LogP contribution in [0.4, 0.5) is 0 Å². The second-order valence-corrected chi connectivity index (χ2v) is 10.5. The van der Waals surface area contributed by atoms with E-state index in [0.29, 0.717) is 29.0 Å². The van der Waals surface area contributed by atoms with E-state index in [1.807, 2.05) is 25.1 Å². The molecular weight excluding hydrogens is 398 g/mol. The molecule has 1 saturated carbocycles. The van der Waals surface area contributed by atoms with Gasteiger partial charge in [-0.05, 0) is 38.3 Å². The standard InChI is InChI=1S/C19H23N3O4S2/c1-2-21(14-9-10-28(25,26)12-14)17(23)11-27-19-20-16-6-4-3-5-15(16)18(24)22(19)13-7-8-13/h3-6,13-14H,2,7-12H2,1H3/t14-/m1/s1. The van der Waals surface area contributed by atoms with Crippen molar-refractivity contribution in [3.8, 4) is 0 Å². The van der Waals surface area contributed by atoms with E-state index in [2.05, 4.69) is 4.98 Å². The Bertz CT molecular complexity index is 1080. The van der Waals surface area contributed by atoms with Crippen molar-refractivity contribution in [3.05, 3.63) is 34.6 Å². The zero-order valence-corrected chi connectivity index (χ0v) is 17.3. The molecule has 0 bridgehead atoms. The van der Waals surface area contributed by atoms with E-state index in [9.17, 15) is 18.0 Å². The third kappa shape index (κ3) is 3.82. The highest BCUT2D eigenvalue weighted by molar-refractivity contribution is 7.99. The lowest BCUT2D eigenvalue weighted by Crippen LogP contribution is -2.42. The lowest BCUT2D eigenvalue weighted by Gasteiger charge is -2.26. The summed E-state index contributed by atoms with van der Waals surface area (Å²) >= 11 is 1.27. The van der Waals surface area contributed by atoms with Crippen molar-refractivity contribution in [3.63, 3.8) is 0 Å². The molecule has 9 heteroatoms. The van der Waals surface area contributed by atoms with Crippen LogP contribution >= 0.6 is 11.8 Å². The van der Waals surface area contributed by atoms with Crippen molar-refractivity contribution >= 4 is 38.4 Å². The van der Waals surface area contributed by atoms with Crippen LogP contribution in [0.1, 0.15) is 32.2 Å². The third-order valence-electron chi connectivity index (χ3n) is 5.32. The maximum Gasteiger partial charge on any atom is 0.262 e. The maximum absolute atomic E-state index is 12.9. The Labute approximate surface area is 168 Å². The van der Waals surface area contributed by atoms with E-state index in [-0.39, 0.29) is 40.8 Å². The number of para-hydroxylation sites is 1. The molecule has 28 heavy (non-hydrogen) atoms. The summed E-state index contributed by atoms with van der Waals surface area (Å²) in [5, 5.41) is 1.16. The van der Waals surface area contributed by atoms with Gasteiger partial charge >= 0.3 is 0 Å². The van der Waals surface area contributed by atoms with Crippen LogP contribution in [0.2, 0.25) is 0 Å². The fourth-order valence-electron chi connectivity index (χ4n) is 3.75. The van der Waals surface area contributed by atoms with Gasteiger partial charge in [-0.1, -0.05) is 23.9 Å². The number of sulfone groups is 1. The van der Waals surface area contributed by atoms with Gasteiger partial charge in [0.25, 0.3) is 5.56 Å². The summed E-state index contributed by atoms with van der Waals surface area (Å²) in [4.78, 5) is 32.0. The molecule has 0 spiro atoms. The first-order valence-electron chi connectivity index (χ1n) is 9.53. The van der Waals surface area contributed by atoms with Gasteiger partial charge in [-0.15, -0.1) is 0 Å². The lowest BCUT2D eigenvalue weighted by molar-refractivity contribution is -0.129. The molecule has 4 rings (SSSR count). The van der Waals surface area contributed by atoms with Crippen LogP contribution in [-0.2, 0) is 14.6 Å². The van der Waals surface area contributed by atoms with E-state index in [1.165, 1.54) is 11.8 Å². The van der Waals surface area contributed by atoms with Crippen molar-refractivity contribution in [2.45, 2.75) is 43.4 Å². The number of hydrogen-bond donors (Lipinski definition) is 0. The molecule has 1 aromatic carbocycles. The number of carbonyl (C=O) groups is 1. The topological polar surface area (TPSA) is 89.3 Å². The first-order valence-corrected chi connectivity index (χ1v) is 12.3. The monoisotopic (exact) mass is 421 g/mol. The van der Waals surface area contributed by atoms with Gasteiger partial charge in [0.2, 0.25) is 5.91 Å². The smallest absolute Gasteiger partial charge is 0.262 e. The SMILES string of the molecule is CCN(C(=O)CSc1nc2ccccc2c(=O)n1C1CC1)[C@@H]1CCS(=O)(=O)C1. The van der Waals surface area contributed by atoms with Crippen LogP contribution in [0.15, 0.2) is 34.2 Å². The number of fused-ring (bicyclic) bond motifs is 1. The van der Waals surface area contributed by atoms with Crippen LogP contribution in [0, 0.1) is 0 Å². The first-order chi connectivity index (χ1) is 13.4. The van der Waals surface area contributed by atoms with Gasteiger partial charge in [0.15, 0.2) is 15.0 Å². The zero-order chi connectivity index (χ0) is 19.9. The highest BCUT2D eigenvalue weighted by Gasteiger charge is 2.34. The first kappa shape index (κ1) is 19.4. The zero-order valence-electron chi connectivity index (χ0n) is 15.7. The minimum atomic E-state index is -3.05. The van der Waals surface area contributed by atoms with E-state index < -0.39 is 9.84 Å². The van der Waals surface area contributed by atoms with Crippen LogP contribution in [0.3, 0.4) is 0 Å². The minimum absolute atomic E-state index is 0.0399. The van der Waals surface area contributed by atoms with Crippen molar-refractivity contribution in [1.82, 2.24) is 14.5 Å². The fourth-order valence-corrected chi connectivity index (χ4v) is 6.43. The van der Waals surface area contributed by atoms with Crippen LogP contribution in [0.25, 0.3) is 10.9 Å². The molecule has 2 aromatic rings. The molecular formula is C19H23N3O4S2. The highest BCUT2D eigenvalue weighted by Crippen LogP contribution is 2.37. The molecule has 1 aliphatic heterocycles. The Morgan fingerprint density at radius 3 is 2.68 bits per heavy atom. The molecule has 150 valence electrons. The summed E-state index contributed by atoms with van der Waals surface area (Å²) in [5.74, 6) is 0.210. The lowest BCUT2D eigenvalue weighted by atomic mass is 10.2. The predicted octanol–water partition coefficient (Wildman–Crippen LogP) is 1.86. The summed E-state index contributed by atoms with van der Waals surface area (Å²) in [6.07, 6.45) is 2.39. The fraction of sp³-hybridized carbons (Fsp3) is 0.526. The molecule has 0 unspecified atom stereocenters. The van der Waals surface area contributed by atoms with Crippen LogP contribution in [-0.4, -0.2) is 58.6 Å². The van der Waals surface area contributed by atoms with E-state index >= 15 is 0 Å². The highest BCUT2D eigenvalue weighted by atomic mass is 32.2. The molecule has 1 saturated heterocycles. The molecule has 1 aliphatic carbocycles. The van der Waals surface area contributed by atoms with Gasteiger partial charge in [0, 0.05) is 18.6 Å². The largest absolute Gasteiger partial charge is 0.338 e. The van der Waals surface area contributed by atoms with Crippen molar-refractivity contribution in [1.29, 1.82) is 0 Å². The van der Waals surface area contributed by atoms with E-state index in [0.717, 1.165) is 12.8 Å². The number of benzene rings is 1. The Hall–Kier alpha value is -1.87. The molecule has 0 N–H and O–H groups in total. The molecule has 1 atom stereocenters. The molecule has 1 aromatic heterocycles. The normalized spacial score (nSPS) is 21.1. The van der Waals surface area contributed by atoms with Gasteiger partial charge in [-0.3, -0.25) is 14.2 Å². The van der Waals surface area contributed by atoms with Gasteiger partial charge < -0.3 is 4.90 Å². The molecule has 2 fully saturated rings. The second-order valence-electron chi connectivity index (χ2n) is 7.34. The van der Waals surface area contributed by atoms with Gasteiger partial charge in [-0.2, -0.15) is 0 Å². The number of aromatic nitrogens is 2. The Morgan fingerprint density at radius 1 is 1.29 bits per heavy atom. The predicted molar refractivity (Wildman–Crippen MR) is 109 cm³/mol. The van der Waals surface area contributed by atoms with E-state index in [4.69, 9.17) is 0 Å². The number of nitrogens with zero attached hydrogens (tertiary/aromatic N) is 3. The average Bonchev–Trinajstić information content (AvgIpc) is 3.43. The van der Waals surface area contributed by atoms with Gasteiger partial charge in [0.05, 0.1) is 28.2 Å². The summed E-state index contributed by atoms with van der Waals surface area (Å²) in [6, 6.07) is 7.16. The average molecular weight is 422 g/mol. The number of carbonyl (C=O) groups excluding carboxylic acids is 1. The maximum atomic E-state index is 12.9. The second kappa shape index (κ2) is 7.51. The summed E-state index contributed by atoms with van der Waals surface area (Å²) in [6.45, 7) is 2.34. The number of thioether (sulfide) groups is 1. The molecule has 1 amide bonds. The van der Waals surface area contributed by atoms with Crippen molar-refractivity contribution in [2.24, 2.45) is 0 Å². The van der Waals surface area contributed by atoms with Crippen molar-refractivity contribution in [2.75, 3.05) is 23.8 Å². The van der Waals surface area contributed by atoms with Gasteiger partial charge in [-0.25, -0.2) is 13.4 Å². The molecule has 7 nitrogen and oxygen atoms in total. The van der Waals surface area contributed by atoms with Gasteiger partial charge in [0.1, 0.15) is 0 Å². The summed E-state index contributed by atoms with van der Waals surface area (Å²) < 4.78 is 25.2. The third-order valence-corrected chi connectivity index (χ3v) is 8.01. The van der Waals surface area contributed by atoms with Crippen molar-refractivity contribution < 1.29 is 13.2 Å². The minimum Gasteiger partial charge on any atom is -0.338 e. The van der Waals surface area contributed by atoms with Crippen LogP contribution in [0.5, 0.6) is 0 Å². The number of hydrogen-bond acceptors (Lipinski definition) is 6. The Balaban J connectivity index is 1.56. The summed E-state index contributed by atoms with van der Waals surface area (Å²) in [7, 11) is -3.05. The summed E-state index contributed by atoms with van der Waals surface area (Å²) in [5.41, 5.74) is 0.575. The Kier molecular flexibility index (Phi) is 5.22. The van der Waals surface area contributed by atoms with E-state index in [1.54, 1.807) is 15.5 Å². The Morgan fingerprint density at radius 2 is 2.04 bits per heavy atom.